The summed E-state index contributed by atoms with van der Waals surface area (Å²) in [6, 6.07) is 8.07. The van der Waals surface area contributed by atoms with Crippen LogP contribution in [0, 0.1) is 5.92 Å². The lowest BCUT2D eigenvalue weighted by molar-refractivity contribution is 0.0954. The molecule has 1 aliphatic heterocycles. The molecule has 8 heteroatoms. The van der Waals surface area contributed by atoms with Crippen LogP contribution < -0.4 is 20.7 Å². The van der Waals surface area contributed by atoms with E-state index in [1.807, 2.05) is 12.1 Å². The highest BCUT2D eigenvalue weighted by molar-refractivity contribution is 14.0. The number of carbonyl (C=O) groups is 1. The lowest BCUT2D eigenvalue weighted by Crippen LogP contribution is -2.47. The van der Waals surface area contributed by atoms with E-state index < -0.39 is 0 Å². The summed E-state index contributed by atoms with van der Waals surface area (Å²) >= 11 is 0. The van der Waals surface area contributed by atoms with Gasteiger partial charge in [-0.3, -0.25) is 14.7 Å². The molecule has 2 atom stereocenters. The van der Waals surface area contributed by atoms with Crippen molar-refractivity contribution in [1.82, 2.24) is 20.9 Å². The van der Waals surface area contributed by atoms with Crippen LogP contribution in [0.1, 0.15) is 38.1 Å². The second-order valence-corrected chi connectivity index (χ2v) is 7.52. The first-order valence-electron chi connectivity index (χ1n) is 10.2. The van der Waals surface area contributed by atoms with Crippen LogP contribution in [0.4, 0.5) is 0 Å². The van der Waals surface area contributed by atoms with Gasteiger partial charge in [0.1, 0.15) is 5.75 Å². The van der Waals surface area contributed by atoms with E-state index in [9.17, 15) is 4.79 Å². The predicted octanol–water partition coefficient (Wildman–Crippen LogP) is 2.33. The van der Waals surface area contributed by atoms with Crippen molar-refractivity contribution >= 4 is 35.8 Å². The van der Waals surface area contributed by atoms with Crippen molar-refractivity contribution in [2.45, 2.75) is 39.8 Å². The van der Waals surface area contributed by atoms with Crippen LogP contribution in [0.3, 0.4) is 0 Å². The van der Waals surface area contributed by atoms with Gasteiger partial charge in [-0.15, -0.1) is 24.0 Å². The number of ether oxygens (including phenoxy) is 1. The van der Waals surface area contributed by atoms with Crippen molar-refractivity contribution < 1.29 is 9.53 Å². The summed E-state index contributed by atoms with van der Waals surface area (Å²) in [4.78, 5) is 19.4. The summed E-state index contributed by atoms with van der Waals surface area (Å²) in [5, 5.41) is 9.76. The van der Waals surface area contributed by atoms with Crippen LogP contribution >= 0.6 is 24.0 Å². The van der Waals surface area contributed by atoms with E-state index >= 15 is 0 Å². The first kappa shape index (κ1) is 25.5. The maximum absolute atomic E-state index is 12.3. The summed E-state index contributed by atoms with van der Waals surface area (Å²) < 4.78 is 5.16. The van der Waals surface area contributed by atoms with Crippen molar-refractivity contribution in [1.29, 1.82) is 0 Å². The van der Waals surface area contributed by atoms with E-state index in [0.29, 0.717) is 42.4 Å². The Morgan fingerprint density at radius 1 is 1.31 bits per heavy atom. The number of hydrogen-bond donors (Lipinski definition) is 3. The van der Waals surface area contributed by atoms with Crippen molar-refractivity contribution in [3.63, 3.8) is 0 Å². The van der Waals surface area contributed by atoms with Gasteiger partial charge in [0.2, 0.25) is 0 Å². The van der Waals surface area contributed by atoms with Gasteiger partial charge in [0.05, 0.1) is 13.7 Å². The number of methoxy groups -OCH3 is 1. The van der Waals surface area contributed by atoms with E-state index in [0.717, 1.165) is 25.6 Å². The van der Waals surface area contributed by atoms with Crippen molar-refractivity contribution in [3.05, 3.63) is 29.8 Å². The van der Waals surface area contributed by atoms with Gasteiger partial charge < -0.3 is 20.7 Å². The zero-order valence-electron chi connectivity index (χ0n) is 18.2. The van der Waals surface area contributed by atoms with Crippen LogP contribution in [0.5, 0.6) is 5.75 Å². The molecule has 0 bridgehead atoms. The number of halogens is 1. The average molecular weight is 517 g/mol. The predicted molar refractivity (Wildman–Crippen MR) is 130 cm³/mol. The topological polar surface area (TPSA) is 78.0 Å². The Balaban J connectivity index is 0.00000420. The first-order chi connectivity index (χ1) is 13.4. The van der Waals surface area contributed by atoms with Gasteiger partial charge in [0.15, 0.2) is 5.96 Å². The Kier molecular flexibility index (Phi) is 11.3. The molecule has 7 nitrogen and oxygen atoms in total. The van der Waals surface area contributed by atoms with E-state index in [1.165, 1.54) is 0 Å². The molecule has 0 radical (unpaired) electrons. The lowest BCUT2D eigenvalue weighted by atomic mass is 10.1. The number of likely N-dealkylation sites (tertiary alicyclic amines) is 1. The van der Waals surface area contributed by atoms with Crippen LogP contribution in [-0.4, -0.2) is 68.7 Å². The SMILES string of the molecule is CCNC(=NCCNC(=O)c1cccc(OC)c1)NC1CN(C(C)C)CC1C.I. The smallest absolute Gasteiger partial charge is 0.251 e. The largest absolute Gasteiger partial charge is 0.497 e. The quantitative estimate of drug-likeness (QED) is 0.214. The van der Waals surface area contributed by atoms with Gasteiger partial charge in [-0.05, 0) is 44.9 Å². The Morgan fingerprint density at radius 3 is 2.69 bits per heavy atom. The molecular weight excluding hydrogens is 481 g/mol. The molecule has 0 aliphatic carbocycles. The Bertz CT molecular complexity index is 668. The number of nitrogens with one attached hydrogen (secondary N) is 3. The van der Waals surface area contributed by atoms with Gasteiger partial charge in [0.25, 0.3) is 5.91 Å². The van der Waals surface area contributed by atoms with Gasteiger partial charge in [-0.2, -0.15) is 0 Å². The van der Waals surface area contributed by atoms with Gasteiger partial charge in [-0.25, -0.2) is 0 Å². The zero-order valence-corrected chi connectivity index (χ0v) is 20.5. The number of aliphatic imine (C=N–C) groups is 1. The number of rotatable bonds is 8. The molecule has 0 saturated carbocycles. The molecule has 2 unspecified atom stereocenters. The van der Waals surface area contributed by atoms with Crippen molar-refractivity contribution in [3.8, 4) is 5.75 Å². The third-order valence-electron chi connectivity index (χ3n) is 5.04. The molecule has 1 heterocycles. The van der Waals surface area contributed by atoms with Crippen LogP contribution in [0.15, 0.2) is 29.3 Å². The molecule has 1 aromatic rings. The minimum Gasteiger partial charge on any atom is -0.497 e. The number of benzene rings is 1. The van der Waals surface area contributed by atoms with Crippen molar-refractivity contribution in [2.75, 3.05) is 39.8 Å². The van der Waals surface area contributed by atoms with Gasteiger partial charge in [-0.1, -0.05) is 13.0 Å². The number of nitrogens with zero attached hydrogens (tertiary/aromatic N) is 2. The number of carbonyl (C=O) groups excluding carboxylic acids is 1. The highest BCUT2D eigenvalue weighted by Gasteiger charge is 2.31. The molecule has 164 valence electrons. The third kappa shape index (κ3) is 8.00. The van der Waals surface area contributed by atoms with Crippen LogP contribution in [0.2, 0.25) is 0 Å². The molecule has 1 amide bonds. The van der Waals surface area contributed by atoms with Crippen molar-refractivity contribution in [2.24, 2.45) is 10.9 Å². The minimum atomic E-state index is -0.121. The van der Waals surface area contributed by atoms with E-state index in [2.05, 4.69) is 53.5 Å². The van der Waals surface area contributed by atoms with Gasteiger partial charge >= 0.3 is 0 Å². The number of guanidine groups is 1. The monoisotopic (exact) mass is 517 g/mol. The first-order valence-corrected chi connectivity index (χ1v) is 10.2. The van der Waals surface area contributed by atoms with E-state index in [4.69, 9.17) is 4.74 Å². The Hall–Kier alpha value is -1.55. The zero-order chi connectivity index (χ0) is 20.5. The molecule has 1 aliphatic rings. The molecule has 1 aromatic carbocycles. The fraction of sp³-hybridized carbons (Fsp3) is 0.619. The maximum atomic E-state index is 12.3. The molecule has 1 fully saturated rings. The molecule has 0 spiro atoms. The third-order valence-corrected chi connectivity index (χ3v) is 5.04. The summed E-state index contributed by atoms with van der Waals surface area (Å²) in [5.41, 5.74) is 0.585. The summed E-state index contributed by atoms with van der Waals surface area (Å²) in [6.07, 6.45) is 0. The second-order valence-electron chi connectivity index (χ2n) is 7.52. The van der Waals surface area contributed by atoms with Crippen LogP contribution in [0.25, 0.3) is 0 Å². The summed E-state index contributed by atoms with van der Waals surface area (Å²) in [6.45, 7) is 12.7. The normalized spacial score (nSPS) is 19.6. The highest BCUT2D eigenvalue weighted by atomic mass is 127. The molecule has 1 saturated heterocycles. The molecule has 0 aromatic heterocycles. The number of hydrogen-bond acceptors (Lipinski definition) is 4. The Morgan fingerprint density at radius 2 is 2.07 bits per heavy atom. The molecule has 29 heavy (non-hydrogen) atoms. The molecular formula is C21H36IN5O2. The average Bonchev–Trinajstić information content (AvgIpc) is 3.06. The standard InChI is InChI=1S/C21H35N5O2.HI/c1-6-22-21(25-19-14-26(15(2)3)13-16(19)4)24-11-10-23-20(27)17-8-7-9-18(12-17)28-5;/h7-9,12,15-16,19H,6,10-11,13-14H2,1-5H3,(H,23,27)(H2,22,24,25);1H. The summed E-state index contributed by atoms with van der Waals surface area (Å²) in [5.74, 6) is 1.93. The van der Waals surface area contributed by atoms with Crippen LogP contribution in [-0.2, 0) is 0 Å². The fourth-order valence-electron chi connectivity index (χ4n) is 3.31. The highest BCUT2D eigenvalue weighted by Crippen LogP contribution is 2.18. The Labute approximate surface area is 192 Å². The molecule has 3 N–H and O–H groups in total. The van der Waals surface area contributed by atoms with Gasteiger partial charge in [0, 0.05) is 43.8 Å². The van der Waals surface area contributed by atoms with E-state index in [-0.39, 0.29) is 29.9 Å². The number of amides is 1. The summed E-state index contributed by atoms with van der Waals surface area (Å²) in [7, 11) is 1.59. The minimum absolute atomic E-state index is 0. The molecule has 2 rings (SSSR count). The van der Waals surface area contributed by atoms with E-state index in [1.54, 1.807) is 19.2 Å². The lowest BCUT2D eigenvalue weighted by Gasteiger charge is -2.22. The second kappa shape index (κ2) is 12.9. The fourth-order valence-corrected chi connectivity index (χ4v) is 3.31. The maximum Gasteiger partial charge on any atom is 0.251 e.